The first-order valence-electron chi connectivity index (χ1n) is 5.23. The van der Waals surface area contributed by atoms with Crippen LogP contribution in [0.1, 0.15) is 26.2 Å². The maximum absolute atomic E-state index is 11.3. The van der Waals surface area contributed by atoms with Gasteiger partial charge >= 0.3 is 5.97 Å². The summed E-state index contributed by atoms with van der Waals surface area (Å²) in [6.07, 6.45) is 6.32. The molecule has 0 aliphatic rings. The Balaban J connectivity index is 2.31. The molecule has 0 spiro atoms. The largest absolute Gasteiger partial charge is 0.426 e. The molecule has 15 heavy (non-hydrogen) atoms. The molecule has 0 atom stereocenters. The minimum atomic E-state index is -0.214. The number of allylic oxidation sites excluding steroid dienone is 1. The lowest BCUT2D eigenvalue weighted by atomic mass is 10.3. The van der Waals surface area contributed by atoms with Crippen LogP contribution < -0.4 is 4.74 Å². The van der Waals surface area contributed by atoms with Crippen LogP contribution in [0.5, 0.6) is 5.75 Å². The summed E-state index contributed by atoms with van der Waals surface area (Å²) < 4.78 is 5.10. The number of rotatable bonds is 5. The molecule has 0 aliphatic carbocycles. The van der Waals surface area contributed by atoms with Crippen molar-refractivity contribution in [2.45, 2.75) is 26.2 Å². The highest BCUT2D eigenvalue weighted by Crippen LogP contribution is 2.09. The zero-order valence-electron chi connectivity index (χ0n) is 8.98. The fraction of sp³-hybridized carbons (Fsp3) is 0.308. The summed E-state index contributed by atoms with van der Waals surface area (Å²) in [6.45, 7) is 2.10. The van der Waals surface area contributed by atoms with E-state index in [0.29, 0.717) is 12.2 Å². The van der Waals surface area contributed by atoms with Gasteiger partial charge in [-0.2, -0.15) is 0 Å². The molecule has 80 valence electrons. The van der Waals surface area contributed by atoms with Crippen LogP contribution >= 0.6 is 0 Å². The van der Waals surface area contributed by atoms with Crippen molar-refractivity contribution in [3.63, 3.8) is 0 Å². The van der Waals surface area contributed by atoms with Crippen LogP contribution in [0.3, 0.4) is 0 Å². The van der Waals surface area contributed by atoms with Gasteiger partial charge in [0.05, 0.1) is 6.42 Å². The number of hydrogen-bond acceptors (Lipinski definition) is 2. The third kappa shape index (κ3) is 5.01. The van der Waals surface area contributed by atoms with E-state index >= 15 is 0 Å². The van der Waals surface area contributed by atoms with Crippen molar-refractivity contribution >= 4 is 5.97 Å². The highest BCUT2D eigenvalue weighted by Gasteiger charge is 2.00. The first-order chi connectivity index (χ1) is 7.33. The Kier molecular flexibility index (Phi) is 5.23. The average Bonchev–Trinajstić information content (AvgIpc) is 2.26. The standard InChI is InChI=1S/C13H16O2/c1-2-3-4-8-11-13(14)15-12-9-6-5-7-10-12/h4-10H,2-3,11H2,1H3/b8-4-. The van der Waals surface area contributed by atoms with E-state index in [9.17, 15) is 4.79 Å². The van der Waals surface area contributed by atoms with E-state index < -0.39 is 0 Å². The third-order valence-corrected chi connectivity index (χ3v) is 1.88. The Morgan fingerprint density at radius 1 is 1.27 bits per heavy atom. The summed E-state index contributed by atoms with van der Waals surface area (Å²) in [5.41, 5.74) is 0. The molecule has 1 aromatic rings. The second kappa shape index (κ2) is 6.82. The van der Waals surface area contributed by atoms with Crippen LogP contribution in [0.15, 0.2) is 42.5 Å². The van der Waals surface area contributed by atoms with Gasteiger partial charge in [-0.15, -0.1) is 0 Å². The Hall–Kier alpha value is -1.57. The molecule has 2 heteroatoms. The van der Waals surface area contributed by atoms with Crippen LogP contribution in [0, 0.1) is 0 Å². The second-order valence-electron chi connectivity index (χ2n) is 3.25. The first-order valence-corrected chi connectivity index (χ1v) is 5.23. The second-order valence-corrected chi connectivity index (χ2v) is 3.25. The van der Waals surface area contributed by atoms with Gasteiger partial charge in [-0.25, -0.2) is 0 Å². The summed E-state index contributed by atoms with van der Waals surface area (Å²) in [5.74, 6) is 0.389. The molecule has 0 aromatic heterocycles. The molecular formula is C13H16O2. The van der Waals surface area contributed by atoms with Crippen LogP contribution in [0.25, 0.3) is 0 Å². The summed E-state index contributed by atoms with van der Waals surface area (Å²) in [6, 6.07) is 9.12. The summed E-state index contributed by atoms with van der Waals surface area (Å²) in [5, 5.41) is 0. The first kappa shape index (κ1) is 11.5. The molecule has 1 rings (SSSR count). The molecule has 0 radical (unpaired) electrons. The van der Waals surface area contributed by atoms with E-state index in [1.807, 2.05) is 30.4 Å². The Labute approximate surface area is 90.6 Å². The van der Waals surface area contributed by atoms with Crippen molar-refractivity contribution < 1.29 is 9.53 Å². The molecular weight excluding hydrogens is 188 g/mol. The van der Waals surface area contributed by atoms with E-state index in [1.165, 1.54) is 0 Å². The molecule has 0 saturated carbocycles. The molecule has 2 nitrogen and oxygen atoms in total. The van der Waals surface area contributed by atoms with Gasteiger partial charge in [-0.1, -0.05) is 43.7 Å². The van der Waals surface area contributed by atoms with Gasteiger partial charge < -0.3 is 4.74 Å². The van der Waals surface area contributed by atoms with Crippen molar-refractivity contribution in [3.8, 4) is 5.75 Å². The van der Waals surface area contributed by atoms with E-state index in [1.54, 1.807) is 12.1 Å². The van der Waals surface area contributed by atoms with Crippen molar-refractivity contribution in [3.05, 3.63) is 42.5 Å². The molecule has 0 amide bonds. The highest BCUT2D eigenvalue weighted by atomic mass is 16.5. The van der Waals surface area contributed by atoms with Crippen LogP contribution in [0.4, 0.5) is 0 Å². The number of carbonyl (C=O) groups is 1. The zero-order valence-corrected chi connectivity index (χ0v) is 8.98. The number of para-hydroxylation sites is 1. The van der Waals surface area contributed by atoms with Crippen LogP contribution in [0.2, 0.25) is 0 Å². The van der Waals surface area contributed by atoms with Crippen molar-refractivity contribution in [1.82, 2.24) is 0 Å². The number of hydrogen-bond donors (Lipinski definition) is 0. The van der Waals surface area contributed by atoms with E-state index in [2.05, 4.69) is 6.92 Å². The lowest BCUT2D eigenvalue weighted by Crippen LogP contribution is -2.05. The Morgan fingerprint density at radius 2 is 2.00 bits per heavy atom. The quantitative estimate of drug-likeness (QED) is 0.417. The number of unbranched alkanes of at least 4 members (excludes halogenated alkanes) is 1. The van der Waals surface area contributed by atoms with Crippen molar-refractivity contribution in [2.24, 2.45) is 0 Å². The highest BCUT2D eigenvalue weighted by molar-refractivity contribution is 5.73. The minimum absolute atomic E-state index is 0.214. The predicted molar refractivity (Wildman–Crippen MR) is 60.7 cm³/mol. The van der Waals surface area contributed by atoms with E-state index in [4.69, 9.17) is 4.74 Å². The SMILES string of the molecule is CCC/C=C\CC(=O)Oc1ccccc1. The molecule has 0 heterocycles. The summed E-state index contributed by atoms with van der Waals surface area (Å²) >= 11 is 0. The lowest BCUT2D eigenvalue weighted by molar-refractivity contribution is -0.133. The fourth-order valence-electron chi connectivity index (χ4n) is 1.13. The normalized spacial score (nSPS) is 10.5. The number of benzene rings is 1. The van der Waals surface area contributed by atoms with Gasteiger partial charge in [0.25, 0.3) is 0 Å². The van der Waals surface area contributed by atoms with E-state index in [0.717, 1.165) is 12.8 Å². The molecule has 0 N–H and O–H groups in total. The maximum atomic E-state index is 11.3. The average molecular weight is 204 g/mol. The third-order valence-electron chi connectivity index (χ3n) is 1.88. The Morgan fingerprint density at radius 3 is 2.67 bits per heavy atom. The predicted octanol–water partition coefficient (Wildman–Crippen LogP) is 3.34. The van der Waals surface area contributed by atoms with Crippen LogP contribution in [-0.2, 0) is 4.79 Å². The molecule has 0 unspecified atom stereocenters. The van der Waals surface area contributed by atoms with Gasteiger partial charge in [-0.3, -0.25) is 4.79 Å². The molecule has 1 aromatic carbocycles. The summed E-state index contributed by atoms with van der Waals surface area (Å²) in [7, 11) is 0. The zero-order chi connectivity index (χ0) is 10.9. The van der Waals surface area contributed by atoms with Crippen molar-refractivity contribution in [2.75, 3.05) is 0 Å². The van der Waals surface area contributed by atoms with Crippen LogP contribution in [-0.4, -0.2) is 5.97 Å². The molecule has 0 bridgehead atoms. The minimum Gasteiger partial charge on any atom is -0.426 e. The monoisotopic (exact) mass is 204 g/mol. The van der Waals surface area contributed by atoms with Gasteiger partial charge in [0.15, 0.2) is 0 Å². The van der Waals surface area contributed by atoms with E-state index in [-0.39, 0.29) is 5.97 Å². The maximum Gasteiger partial charge on any atom is 0.315 e. The van der Waals surface area contributed by atoms with Gasteiger partial charge in [0.2, 0.25) is 0 Å². The molecule has 0 saturated heterocycles. The molecule has 0 aliphatic heterocycles. The number of carbonyl (C=O) groups excluding carboxylic acids is 1. The smallest absolute Gasteiger partial charge is 0.315 e. The molecule has 0 fully saturated rings. The number of ether oxygens (including phenoxy) is 1. The number of esters is 1. The lowest BCUT2D eigenvalue weighted by Gasteiger charge is -2.00. The van der Waals surface area contributed by atoms with Gasteiger partial charge in [0.1, 0.15) is 5.75 Å². The van der Waals surface area contributed by atoms with Crippen molar-refractivity contribution in [1.29, 1.82) is 0 Å². The fourth-order valence-corrected chi connectivity index (χ4v) is 1.13. The topological polar surface area (TPSA) is 26.3 Å². The van der Waals surface area contributed by atoms with Gasteiger partial charge in [-0.05, 0) is 18.6 Å². The van der Waals surface area contributed by atoms with Gasteiger partial charge in [0, 0.05) is 0 Å². The summed E-state index contributed by atoms with van der Waals surface area (Å²) in [4.78, 5) is 11.3. The Bertz CT molecular complexity index is 315.